The number of hydrogen-bond acceptors (Lipinski definition) is 4. The monoisotopic (exact) mass is 293 g/mol. The third-order valence-corrected chi connectivity index (χ3v) is 2.86. The lowest BCUT2D eigenvalue weighted by Crippen LogP contribution is -2.09. The zero-order valence-corrected chi connectivity index (χ0v) is 11.2. The second-order valence-electron chi connectivity index (χ2n) is 4.40. The molecular formula is C13H10F3N5. The van der Waals surface area contributed by atoms with Crippen LogP contribution in [0.2, 0.25) is 0 Å². The number of aromatic nitrogens is 4. The Morgan fingerprint density at radius 2 is 2.14 bits per heavy atom. The van der Waals surface area contributed by atoms with Gasteiger partial charge >= 0.3 is 6.18 Å². The van der Waals surface area contributed by atoms with Crippen molar-refractivity contribution in [3.8, 4) is 6.07 Å². The van der Waals surface area contributed by atoms with Gasteiger partial charge in [-0.1, -0.05) is 11.8 Å². The van der Waals surface area contributed by atoms with Gasteiger partial charge in [0.25, 0.3) is 0 Å². The van der Waals surface area contributed by atoms with Crippen molar-refractivity contribution in [2.75, 3.05) is 0 Å². The van der Waals surface area contributed by atoms with Crippen molar-refractivity contribution in [1.82, 2.24) is 20.0 Å². The minimum absolute atomic E-state index is 0.0148. The quantitative estimate of drug-likeness (QED) is 0.798. The predicted molar refractivity (Wildman–Crippen MR) is 69.9 cm³/mol. The van der Waals surface area contributed by atoms with Crippen molar-refractivity contribution in [1.29, 1.82) is 5.26 Å². The highest BCUT2D eigenvalue weighted by Crippen LogP contribution is 2.28. The molecule has 8 heteroatoms. The van der Waals surface area contributed by atoms with Gasteiger partial charge < -0.3 is 0 Å². The van der Waals surface area contributed by atoms with Gasteiger partial charge in [-0.25, -0.2) is 9.67 Å². The van der Waals surface area contributed by atoms with Crippen molar-refractivity contribution in [3.05, 3.63) is 35.7 Å². The summed E-state index contributed by atoms with van der Waals surface area (Å²) in [4.78, 5) is 4.01. The van der Waals surface area contributed by atoms with Gasteiger partial charge in [-0.2, -0.15) is 18.4 Å². The van der Waals surface area contributed by atoms with Crippen LogP contribution in [0.15, 0.2) is 24.3 Å². The van der Waals surface area contributed by atoms with Crippen molar-refractivity contribution in [2.45, 2.75) is 13.1 Å². The predicted octanol–water partition coefficient (Wildman–Crippen LogP) is 2.76. The van der Waals surface area contributed by atoms with E-state index in [-0.39, 0.29) is 17.0 Å². The van der Waals surface area contributed by atoms with E-state index in [1.165, 1.54) is 17.7 Å². The number of aryl methyl sites for hydroxylation is 1. The SMILES string of the molecule is C=C(C=C(C)c1cc2c(nnn2C)c(C#N)n1)C(F)(F)F. The van der Waals surface area contributed by atoms with Gasteiger partial charge in [-0.3, -0.25) is 0 Å². The smallest absolute Gasteiger partial charge is 0.248 e. The molecule has 0 radical (unpaired) electrons. The van der Waals surface area contributed by atoms with Crippen LogP contribution in [-0.4, -0.2) is 26.2 Å². The Morgan fingerprint density at radius 3 is 2.71 bits per heavy atom. The van der Waals surface area contributed by atoms with E-state index in [0.29, 0.717) is 11.0 Å². The third-order valence-electron chi connectivity index (χ3n) is 2.86. The molecule has 5 nitrogen and oxygen atoms in total. The lowest BCUT2D eigenvalue weighted by Gasteiger charge is -2.08. The molecule has 2 aromatic rings. The van der Waals surface area contributed by atoms with E-state index >= 15 is 0 Å². The van der Waals surface area contributed by atoms with Gasteiger partial charge in [-0.15, -0.1) is 5.10 Å². The van der Waals surface area contributed by atoms with Crippen LogP contribution in [-0.2, 0) is 7.05 Å². The first-order valence-corrected chi connectivity index (χ1v) is 5.79. The fraction of sp³-hybridized carbons (Fsp3) is 0.231. The maximum atomic E-state index is 12.5. The van der Waals surface area contributed by atoms with E-state index in [4.69, 9.17) is 5.26 Å². The molecule has 0 saturated heterocycles. The zero-order chi connectivity index (χ0) is 15.8. The summed E-state index contributed by atoms with van der Waals surface area (Å²) in [5.74, 6) is 0. The van der Waals surface area contributed by atoms with Crippen LogP contribution in [0.25, 0.3) is 16.6 Å². The van der Waals surface area contributed by atoms with Gasteiger partial charge in [-0.05, 0) is 24.6 Å². The minimum atomic E-state index is -4.50. The largest absolute Gasteiger partial charge is 0.415 e. The lowest BCUT2D eigenvalue weighted by atomic mass is 10.1. The van der Waals surface area contributed by atoms with Gasteiger partial charge in [0.05, 0.1) is 11.2 Å². The summed E-state index contributed by atoms with van der Waals surface area (Å²) in [5, 5.41) is 16.6. The molecule has 0 aliphatic rings. The van der Waals surface area contributed by atoms with E-state index in [9.17, 15) is 13.2 Å². The molecule has 0 aliphatic carbocycles. The molecule has 0 saturated carbocycles. The second-order valence-corrected chi connectivity index (χ2v) is 4.40. The molecule has 0 amide bonds. The van der Waals surface area contributed by atoms with Crippen molar-refractivity contribution < 1.29 is 13.2 Å². The summed E-state index contributed by atoms with van der Waals surface area (Å²) in [6, 6.07) is 3.40. The molecule has 0 bridgehead atoms. The average Bonchev–Trinajstić information content (AvgIpc) is 2.78. The normalized spacial score (nSPS) is 12.5. The Hall–Kier alpha value is -2.69. The van der Waals surface area contributed by atoms with Crippen LogP contribution in [0, 0.1) is 11.3 Å². The number of nitriles is 1. The number of nitrogens with zero attached hydrogens (tertiary/aromatic N) is 5. The summed E-state index contributed by atoms with van der Waals surface area (Å²) in [6.45, 7) is 4.45. The number of halogens is 3. The maximum absolute atomic E-state index is 12.5. The fourth-order valence-electron chi connectivity index (χ4n) is 1.73. The molecular weight excluding hydrogens is 283 g/mol. The minimum Gasteiger partial charge on any atom is -0.248 e. The Bertz CT molecular complexity index is 792. The van der Waals surface area contributed by atoms with Gasteiger partial charge in [0.2, 0.25) is 0 Å². The molecule has 21 heavy (non-hydrogen) atoms. The van der Waals surface area contributed by atoms with Crippen molar-refractivity contribution in [3.63, 3.8) is 0 Å². The molecule has 2 rings (SSSR count). The highest BCUT2D eigenvalue weighted by Gasteiger charge is 2.30. The van der Waals surface area contributed by atoms with Gasteiger partial charge in [0, 0.05) is 12.6 Å². The molecule has 0 aliphatic heterocycles. The molecule has 0 atom stereocenters. The number of alkyl halides is 3. The molecule has 2 aromatic heterocycles. The molecule has 2 heterocycles. The highest BCUT2D eigenvalue weighted by molar-refractivity contribution is 5.82. The first-order chi connectivity index (χ1) is 9.74. The molecule has 0 spiro atoms. The van der Waals surface area contributed by atoms with Crippen LogP contribution < -0.4 is 0 Å². The Labute approximate surface area is 118 Å². The van der Waals surface area contributed by atoms with Crippen LogP contribution in [0.3, 0.4) is 0 Å². The summed E-state index contributed by atoms with van der Waals surface area (Å²) in [6.07, 6.45) is -3.61. The lowest BCUT2D eigenvalue weighted by molar-refractivity contribution is -0.0877. The molecule has 0 unspecified atom stereocenters. The van der Waals surface area contributed by atoms with E-state index in [1.807, 2.05) is 6.07 Å². The number of hydrogen-bond donors (Lipinski definition) is 0. The number of allylic oxidation sites excluding steroid dienone is 3. The Kier molecular flexibility index (Phi) is 3.51. The first-order valence-electron chi connectivity index (χ1n) is 5.79. The van der Waals surface area contributed by atoms with E-state index in [2.05, 4.69) is 21.9 Å². The Morgan fingerprint density at radius 1 is 1.48 bits per heavy atom. The number of rotatable bonds is 2. The fourth-order valence-corrected chi connectivity index (χ4v) is 1.73. The second kappa shape index (κ2) is 5.01. The molecule has 0 N–H and O–H groups in total. The van der Waals surface area contributed by atoms with E-state index < -0.39 is 11.7 Å². The van der Waals surface area contributed by atoms with Crippen LogP contribution >= 0.6 is 0 Å². The van der Waals surface area contributed by atoms with Gasteiger partial charge in [0.1, 0.15) is 11.6 Å². The number of fused-ring (bicyclic) bond motifs is 1. The van der Waals surface area contributed by atoms with Crippen molar-refractivity contribution >= 4 is 16.6 Å². The standard InChI is InChI=1S/C13H10F3N5/c1-7(4-8(2)13(14,15)16)9-5-11-12(10(6-17)18-9)19-20-21(11)3/h4-5H,2H2,1,3H3. The average molecular weight is 293 g/mol. The molecule has 0 fully saturated rings. The van der Waals surface area contributed by atoms with Crippen LogP contribution in [0.1, 0.15) is 18.3 Å². The summed E-state index contributed by atoms with van der Waals surface area (Å²) in [7, 11) is 1.62. The van der Waals surface area contributed by atoms with Crippen molar-refractivity contribution in [2.24, 2.45) is 7.05 Å². The molecule has 0 aromatic carbocycles. The van der Waals surface area contributed by atoms with Crippen LogP contribution in [0.5, 0.6) is 0 Å². The van der Waals surface area contributed by atoms with E-state index in [0.717, 1.165) is 6.08 Å². The van der Waals surface area contributed by atoms with Crippen LogP contribution in [0.4, 0.5) is 13.2 Å². The topological polar surface area (TPSA) is 67.4 Å². The third kappa shape index (κ3) is 2.76. The Balaban J connectivity index is 2.57. The maximum Gasteiger partial charge on any atom is 0.415 e. The number of pyridine rings is 1. The summed E-state index contributed by atoms with van der Waals surface area (Å²) in [5.41, 5.74) is 0.351. The summed E-state index contributed by atoms with van der Waals surface area (Å²) < 4.78 is 38.9. The van der Waals surface area contributed by atoms with Gasteiger partial charge in [0.15, 0.2) is 5.69 Å². The first kappa shape index (κ1) is 14.7. The summed E-state index contributed by atoms with van der Waals surface area (Å²) >= 11 is 0. The highest BCUT2D eigenvalue weighted by atomic mass is 19.4. The van der Waals surface area contributed by atoms with E-state index in [1.54, 1.807) is 7.05 Å². The zero-order valence-electron chi connectivity index (χ0n) is 11.2. The molecule has 108 valence electrons.